The normalized spacial score (nSPS) is 28.2. The predicted octanol–water partition coefficient (Wildman–Crippen LogP) is 4.14. The Hall–Kier alpha value is -0.940. The van der Waals surface area contributed by atoms with Gasteiger partial charge < -0.3 is 10.5 Å². The Labute approximate surface area is 139 Å². The van der Waals surface area contributed by atoms with Crippen LogP contribution < -0.4 is 5.73 Å². The minimum atomic E-state index is -0.619. The van der Waals surface area contributed by atoms with E-state index in [4.69, 9.17) is 15.5 Å². The summed E-state index contributed by atoms with van der Waals surface area (Å²) in [5.41, 5.74) is 6.26. The highest BCUT2D eigenvalue weighted by atomic mass is 79.9. The molecule has 5 heteroatoms. The van der Waals surface area contributed by atoms with Gasteiger partial charge in [0.25, 0.3) is 0 Å². The Balaban J connectivity index is 2.04. The minimum absolute atomic E-state index is 0.145. The summed E-state index contributed by atoms with van der Waals surface area (Å²) in [6, 6.07) is 5.05. The molecule has 0 aliphatic carbocycles. The largest absolute Gasteiger partial charge is 0.387 e. The van der Waals surface area contributed by atoms with Crippen molar-refractivity contribution in [2.45, 2.75) is 44.6 Å². The molecule has 2 N–H and O–H groups in total. The molecule has 0 aromatic heterocycles. The van der Waals surface area contributed by atoms with Gasteiger partial charge in [-0.2, -0.15) is 0 Å². The number of benzene rings is 1. The van der Waals surface area contributed by atoms with E-state index in [9.17, 15) is 4.39 Å². The summed E-state index contributed by atoms with van der Waals surface area (Å²) >= 11 is 3.44. The van der Waals surface area contributed by atoms with E-state index in [1.165, 1.54) is 6.07 Å². The minimum Gasteiger partial charge on any atom is -0.387 e. The third-order valence-electron chi connectivity index (χ3n) is 5.08. The zero-order valence-electron chi connectivity index (χ0n) is 12.9. The van der Waals surface area contributed by atoms with Crippen molar-refractivity contribution < 1.29 is 9.13 Å². The Morgan fingerprint density at radius 3 is 2.73 bits per heavy atom. The number of aliphatic imine (C=N–C) groups is 1. The third kappa shape index (κ3) is 3.06. The molecule has 3 rings (SSSR count). The first-order chi connectivity index (χ1) is 10.4. The number of rotatable bonds is 1. The van der Waals surface area contributed by atoms with Gasteiger partial charge in [-0.3, -0.25) is 4.99 Å². The quantitative estimate of drug-likeness (QED) is 0.809. The average Bonchev–Trinajstić information content (AvgIpc) is 2.60. The van der Waals surface area contributed by atoms with Gasteiger partial charge in [-0.25, -0.2) is 4.39 Å². The molecule has 1 unspecified atom stereocenters. The second-order valence-corrected chi connectivity index (χ2v) is 7.71. The average molecular weight is 369 g/mol. The molecule has 1 aromatic rings. The fraction of sp³-hybridized carbons (Fsp3) is 0.588. The first-order valence-electron chi connectivity index (χ1n) is 7.80. The van der Waals surface area contributed by atoms with Gasteiger partial charge in [-0.05, 0) is 56.2 Å². The molecule has 0 radical (unpaired) electrons. The van der Waals surface area contributed by atoms with Crippen molar-refractivity contribution in [1.82, 2.24) is 0 Å². The highest BCUT2D eigenvalue weighted by molar-refractivity contribution is 9.10. The molecule has 3 nitrogen and oxygen atoms in total. The van der Waals surface area contributed by atoms with Gasteiger partial charge in [-0.15, -0.1) is 0 Å². The highest BCUT2D eigenvalue weighted by Crippen LogP contribution is 2.49. The maximum Gasteiger partial charge on any atom is 0.128 e. The van der Waals surface area contributed by atoms with Crippen molar-refractivity contribution in [1.29, 1.82) is 0 Å². The molecule has 1 fully saturated rings. The van der Waals surface area contributed by atoms with Gasteiger partial charge in [0, 0.05) is 29.7 Å². The second kappa shape index (κ2) is 5.93. The molecule has 0 amide bonds. The van der Waals surface area contributed by atoms with E-state index < -0.39 is 5.54 Å². The Morgan fingerprint density at radius 1 is 1.27 bits per heavy atom. The summed E-state index contributed by atoms with van der Waals surface area (Å²) in [4.78, 5) is 4.72. The van der Waals surface area contributed by atoms with Crippen LogP contribution in [-0.4, -0.2) is 19.0 Å². The molecule has 1 saturated heterocycles. The smallest absolute Gasteiger partial charge is 0.128 e. The zero-order chi connectivity index (χ0) is 15.8. The molecule has 2 aliphatic heterocycles. The molecular weight excluding hydrogens is 347 g/mol. The predicted molar refractivity (Wildman–Crippen MR) is 89.4 cm³/mol. The number of hydrogen-bond acceptors (Lipinski definition) is 3. The lowest BCUT2D eigenvalue weighted by Crippen LogP contribution is -2.36. The molecule has 1 spiro atoms. The molecule has 0 saturated carbocycles. The first-order valence-corrected chi connectivity index (χ1v) is 8.59. The second-order valence-electron chi connectivity index (χ2n) is 6.79. The van der Waals surface area contributed by atoms with Crippen molar-refractivity contribution in [3.05, 3.63) is 34.1 Å². The van der Waals surface area contributed by atoms with Crippen molar-refractivity contribution in [2.75, 3.05) is 13.2 Å². The van der Waals surface area contributed by atoms with Gasteiger partial charge in [0.05, 0.1) is 11.4 Å². The standard InChI is InChI=1S/C17H22BrFN2O/c1-16(13-10-12(18)2-3-14(13)19)11-17(5-4-15(20)21-16)6-8-22-9-7-17/h2-3,10H,4-9,11H2,1H3,(H2,20,21). The van der Waals surface area contributed by atoms with Crippen molar-refractivity contribution in [3.63, 3.8) is 0 Å². The van der Waals surface area contributed by atoms with Crippen molar-refractivity contribution >= 4 is 21.8 Å². The summed E-state index contributed by atoms with van der Waals surface area (Å²) < 4.78 is 20.9. The van der Waals surface area contributed by atoms with E-state index in [0.29, 0.717) is 11.4 Å². The van der Waals surface area contributed by atoms with Gasteiger partial charge in [-0.1, -0.05) is 15.9 Å². The third-order valence-corrected chi connectivity index (χ3v) is 5.58. The summed E-state index contributed by atoms with van der Waals surface area (Å²) in [7, 11) is 0. The van der Waals surface area contributed by atoms with Gasteiger partial charge in [0.1, 0.15) is 5.82 Å². The molecule has 2 heterocycles. The maximum absolute atomic E-state index is 14.5. The summed E-state index contributed by atoms with van der Waals surface area (Å²) in [6.07, 6.45) is 4.61. The number of ether oxygens (including phenoxy) is 1. The van der Waals surface area contributed by atoms with Crippen LogP contribution in [0.5, 0.6) is 0 Å². The van der Waals surface area contributed by atoms with E-state index in [0.717, 1.165) is 49.8 Å². The number of nitrogens with two attached hydrogens (primary N) is 1. The van der Waals surface area contributed by atoms with Gasteiger partial charge in [0.2, 0.25) is 0 Å². The van der Waals surface area contributed by atoms with E-state index in [1.807, 2.05) is 13.0 Å². The van der Waals surface area contributed by atoms with Crippen LogP contribution >= 0.6 is 15.9 Å². The van der Waals surface area contributed by atoms with Crippen molar-refractivity contribution in [2.24, 2.45) is 16.1 Å². The fourth-order valence-corrected chi connectivity index (χ4v) is 4.28. The zero-order valence-corrected chi connectivity index (χ0v) is 14.5. The fourth-order valence-electron chi connectivity index (χ4n) is 3.92. The van der Waals surface area contributed by atoms with Crippen LogP contribution in [0.3, 0.4) is 0 Å². The van der Waals surface area contributed by atoms with Crippen LogP contribution in [0, 0.1) is 11.2 Å². The number of halogens is 2. The Kier molecular flexibility index (Phi) is 4.29. The van der Waals surface area contributed by atoms with Crippen LogP contribution in [0.15, 0.2) is 27.7 Å². The monoisotopic (exact) mass is 368 g/mol. The Bertz CT molecular complexity index is 598. The summed E-state index contributed by atoms with van der Waals surface area (Å²) in [5.74, 6) is 0.414. The summed E-state index contributed by atoms with van der Waals surface area (Å²) in [6.45, 7) is 3.56. The topological polar surface area (TPSA) is 47.6 Å². The Morgan fingerprint density at radius 2 is 2.00 bits per heavy atom. The van der Waals surface area contributed by atoms with Gasteiger partial charge >= 0.3 is 0 Å². The van der Waals surface area contributed by atoms with E-state index in [1.54, 1.807) is 6.07 Å². The van der Waals surface area contributed by atoms with Crippen molar-refractivity contribution in [3.8, 4) is 0 Å². The van der Waals surface area contributed by atoms with Gasteiger partial charge in [0.15, 0.2) is 0 Å². The molecule has 0 bridgehead atoms. The lowest BCUT2D eigenvalue weighted by molar-refractivity contribution is -0.00257. The highest BCUT2D eigenvalue weighted by Gasteiger charge is 2.43. The SMILES string of the molecule is CC1(c2cc(Br)ccc2F)CC2(CCOCC2)CCC(N)=N1. The van der Waals surface area contributed by atoms with E-state index >= 15 is 0 Å². The van der Waals surface area contributed by atoms with Crippen LogP contribution in [0.2, 0.25) is 0 Å². The molecule has 120 valence electrons. The molecule has 22 heavy (non-hydrogen) atoms. The summed E-state index contributed by atoms with van der Waals surface area (Å²) in [5, 5.41) is 0. The number of nitrogens with zero attached hydrogens (tertiary/aromatic N) is 1. The molecule has 2 aliphatic rings. The number of hydrogen-bond donors (Lipinski definition) is 1. The van der Waals surface area contributed by atoms with Crippen LogP contribution in [0.4, 0.5) is 4.39 Å². The number of amidine groups is 1. The van der Waals surface area contributed by atoms with E-state index in [-0.39, 0.29) is 11.2 Å². The van der Waals surface area contributed by atoms with Crippen LogP contribution in [-0.2, 0) is 10.3 Å². The van der Waals surface area contributed by atoms with Crippen LogP contribution in [0.1, 0.15) is 44.6 Å². The maximum atomic E-state index is 14.5. The molecular formula is C17H22BrFN2O. The molecule has 1 atom stereocenters. The lowest BCUT2D eigenvalue weighted by atomic mass is 9.68. The molecule has 1 aromatic carbocycles. The van der Waals surface area contributed by atoms with Crippen LogP contribution in [0.25, 0.3) is 0 Å². The first kappa shape index (κ1) is 15.9. The lowest BCUT2D eigenvalue weighted by Gasteiger charge is -2.41. The van der Waals surface area contributed by atoms with E-state index in [2.05, 4.69) is 15.9 Å².